The fourth-order valence-electron chi connectivity index (χ4n) is 5.69. The van der Waals surface area contributed by atoms with Gasteiger partial charge in [-0.25, -0.2) is 0 Å². The SMILES string of the molecule is COc1ccc(NC(=O)C[NH2+]C23CC4CC(CC(C4)C2)C3)cc1Cl. The number of halogens is 1. The van der Waals surface area contributed by atoms with Gasteiger partial charge in [0, 0.05) is 24.9 Å². The summed E-state index contributed by atoms with van der Waals surface area (Å²) in [6.07, 6.45) is 8.22. The number of amides is 1. The second kappa shape index (κ2) is 6.23. The van der Waals surface area contributed by atoms with Gasteiger partial charge in [-0.05, 0) is 55.2 Å². The monoisotopic (exact) mass is 349 g/mol. The van der Waals surface area contributed by atoms with Crippen molar-refractivity contribution in [2.75, 3.05) is 19.0 Å². The summed E-state index contributed by atoms with van der Waals surface area (Å²) in [5, 5.41) is 5.80. The number of ether oxygens (including phenoxy) is 1. The normalized spacial score (nSPS) is 33.5. The predicted molar refractivity (Wildman–Crippen MR) is 94.3 cm³/mol. The number of anilines is 1. The van der Waals surface area contributed by atoms with Crippen molar-refractivity contribution in [2.24, 2.45) is 17.8 Å². The van der Waals surface area contributed by atoms with Gasteiger partial charge in [0.1, 0.15) is 5.75 Å². The van der Waals surface area contributed by atoms with E-state index in [1.54, 1.807) is 19.2 Å². The van der Waals surface area contributed by atoms with Crippen LogP contribution in [0.15, 0.2) is 18.2 Å². The Hall–Kier alpha value is -1.26. The molecule has 4 aliphatic rings. The molecule has 4 bridgehead atoms. The van der Waals surface area contributed by atoms with Crippen LogP contribution < -0.4 is 15.4 Å². The Balaban J connectivity index is 1.34. The van der Waals surface area contributed by atoms with Crippen molar-refractivity contribution in [2.45, 2.75) is 44.1 Å². The first-order chi connectivity index (χ1) is 11.5. The van der Waals surface area contributed by atoms with Crippen LogP contribution in [0.4, 0.5) is 5.69 Å². The Labute approximate surface area is 148 Å². The average molecular weight is 350 g/mol. The van der Waals surface area contributed by atoms with Crippen molar-refractivity contribution in [3.8, 4) is 5.75 Å². The van der Waals surface area contributed by atoms with Crippen LogP contribution in [-0.4, -0.2) is 25.1 Å². The zero-order valence-corrected chi connectivity index (χ0v) is 14.9. The van der Waals surface area contributed by atoms with Crippen molar-refractivity contribution in [1.29, 1.82) is 0 Å². The first kappa shape index (κ1) is 16.2. The molecule has 0 radical (unpaired) electrons. The van der Waals surface area contributed by atoms with E-state index in [-0.39, 0.29) is 5.91 Å². The number of nitrogens with one attached hydrogen (secondary N) is 1. The Morgan fingerprint density at radius 2 is 1.88 bits per heavy atom. The van der Waals surface area contributed by atoms with Crippen molar-refractivity contribution in [3.63, 3.8) is 0 Å². The number of hydrogen-bond acceptors (Lipinski definition) is 2. The Kier molecular flexibility index (Phi) is 4.21. The van der Waals surface area contributed by atoms with Gasteiger partial charge in [0.05, 0.1) is 17.7 Å². The molecule has 4 fully saturated rings. The van der Waals surface area contributed by atoms with E-state index in [2.05, 4.69) is 10.6 Å². The number of benzene rings is 1. The standard InChI is InChI=1S/C19H25ClN2O2/c1-24-17-3-2-15(7-16(17)20)22-18(23)11-21-19-8-12-4-13(9-19)6-14(5-12)10-19/h2-3,7,12-14,21H,4-6,8-11H2,1H3,(H,22,23)/p+1. The van der Waals surface area contributed by atoms with E-state index < -0.39 is 0 Å². The van der Waals surface area contributed by atoms with Crippen LogP contribution in [-0.2, 0) is 4.79 Å². The first-order valence-corrected chi connectivity index (χ1v) is 9.41. The smallest absolute Gasteiger partial charge is 0.279 e. The van der Waals surface area contributed by atoms with Crippen LogP contribution in [0.2, 0.25) is 5.02 Å². The lowest BCUT2D eigenvalue weighted by molar-refractivity contribution is -0.729. The molecule has 0 heterocycles. The van der Waals surface area contributed by atoms with E-state index in [0.717, 1.165) is 23.4 Å². The lowest BCUT2D eigenvalue weighted by Gasteiger charge is -2.54. The number of carbonyl (C=O) groups excluding carboxylic acids is 1. The second-order valence-corrected chi connectivity index (χ2v) is 8.49. The third-order valence-electron chi connectivity index (χ3n) is 6.24. The molecule has 5 rings (SSSR count). The first-order valence-electron chi connectivity index (χ1n) is 9.03. The topological polar surface area (TPSA) is 54.9 Å². The molecule has 3 N–H and O–H groups in total. The quantitative estimate of drug-likeness (QED) is 0.858. The van der Waals surface area contributed by atoms with Crippen LogP contribution in [0.25, 0.3) is 0 Å². The fraction of sp³-hybridized carbons (Fsp3) is 0.632. The van der Waals surface area contributed by atoms with Crippen LogP contribution >= 0.6 is 11.6 Å². The minimum absolute atomic E-state index is 0.0481. The highest BCUT2D eigenvalue weighted by atomic mass is 35.5. The average Bonchev–Trinajstić information content (AvgIpc) is 2.52. The molecule has 0 spiro atoms. The largest absolute Gasteiger partial charge is 0.495 e. The molecular weight excluding hydrogens is 324 g/mol. The van der Waals surface area contributed by atoms with E-state index in [9.17, 15) is 4.79 Å². The maximum atomic E-state index is 12.4. The van der Waals surface area contributed by atoms with Gasteiger partial charge in [-0.15, -0.1) is 0 Å². The highest BCUT2D eigenvalue weighted by Gasteiger charge is 2.53. The highest BCUT2D eigenvalue weighted by Crippen LogP contribution is 2.54. The van der Waals surface area contributed by atoms with Gasteiger partial charge < -0.3 is 15.4 Å². The minimum Gasteiger partial charge on any atom is -0.495 e. The molecule has 1 aromatic rings. The van der Waals surface area contributed by atoms with E-state index in [1.807, 2.05) is 6.07 Å². The maximum absolute atomic E-state index is 12.4. The van der Waals surface area contributed by atoms with Gasteiger partial charge in [0.25, 0.3) is 5.91 Å². The molecule has 0 aromatic heterocycles. The number of methoxy groups -OCH3 is 1. The van der Waals surface area contributed by atoms with Gasteiger partial charge >= 0.3 is 0 Å². The molecule has 4 nitrogen and oxygen atoms in total. The molecule has 5 heteroatoms. The van der Waals surface area contributed by atoms with E-state index in [1.165, 1.54) is 38.5 Å². The molecule has 1 amide bonds. The molecule has 0 unspecified atom stereocenters. The highest BCUT2D eigenvalue weighted by molar-refractivity contribution is 6.32. The summed E-state index contributed by atoms with van der Waals surface area (Å²) in [7, 11) is 1.58. The Bertz CT molecular complexity index is 611. The summed E-state index contributed by atoms with van der Waals surface area (Å²) in [5.74, 6) is 3.41. The summed E-state index contributed by atoms with van der Waals surface area (Å²) < 4.78 is 5.14. The summed E-state index contributed by atoms with van der Waals surface area (Å²) >= 11 is 6.12. The number of nitrogens with two attached hydrogens (primary N) is 1. The zero-order valence-electron chi connectivity index (χ0n) is 14.2. The van der Waals surface area contributed by atoms with Crippen LogP contribution in [0, 0.1) is 17.8 Å². The number of quaternary nitrogens is 1. The molecule has 0 atom stereocenters. The number of rotatable bonds is 5. The molecule has 130 valence electrons. The molecular formula is C19H26ClN2O2+. The summed E-state index contributed by atoms with van der Waals surface area (Å²) in [4.78, 5) is 12.4. The lowest BCUT2D eigenvalue weighted by Crippen LogP contribution is -3.00. The number of carbonyl (C=O) groups is 1. The molecule has 0 saturated heterocycles. The molecule has 4 saturated carbocycles. The second-order valence-electron chi connectivity index (χ2n) is 8.09. The van der Waals surface area contributed by atoms with Crippen LogP contribution in [0.5, 0.6) is 5.75 Å². The van der Waals surface area contributed by atoms with Gasteiger partial charge in [-0.1, -0.05) is 11.6 Å². The van der Waals surface area contributed by atoms with Crippen molar-refractivity contribution in [3.05, 3.63) is 23.2 Å². The predicted octanol–water partition coefficient (Wildman–Crippen LogP) is 2.82. The summed E-state index contributed by atoms with van der Waals surface area (Å²) in [5.41, 5.74) is 1.06. The van der Waals surface area contributed by atoms with E-state index >= 15 is 0 Å². The molecule has 1 aromatic carbocycles. The summed E-state index contributed by atoms with van der Waals surface area (Å²) in [6.45, 7) is 0.496. The molecule has 0 aliphatic heterocycles. The third kappa shape index (κ3) is 3.14. The van der Waals surface area contributed by atoms with Gasteiger partial charge in [-0.2, -0.15) is 0 Å². The molecule has 4 aliphatic carbocycles. The third-order valence-corrected chi connectivity index (χ3v) is 6.54. The van der Waals surface area contributed by atoms with Gasteiger partial charge in [-0.3, -0.25) is 4.79 Å². The number of hydrogen-bond donors (Lipinski definition) is 2. The Morgan fingerprint density at radius 1 is 1.25 bits per heavy atom. The zero-order chi connectivity index (χ0) is 16.7. The van der Waals surface area contributed by atoms with Gasteiger partial charge in [0.15, 0.2) is 6.54 Å². The van der Waals surface area contributed by atoms with E-state index in [0.29, 0.717) is 22.9 Å². The molecule has 24 heavy (non-hydrogen) atoms. The van der Waals surface area contributed by atoms with Crippen molar-refractivity contribution in [1.82, 2.24) is 0 Å². The van der Waals surface area contributed by atoms with Crippen molar-refractivity contribution < 1.29 is 14.8 Å². The Morgan fingerprint density at radius 3 is 2.42 bits per heavy atom. The maximum Gasteiger partial charge on any atom is 0.279 e. The van der Waals surface area contributed by atoms with Crippen LogP contribution in [0.3, 0.4) is 0 Å². The fourth-order valence-corrected chi connectivity index (χ4v) is 5.95. The van der Waals surface area contributed by atoms with E-state index in [4.69, 9.17) is 16.3 Å². The van der Waals surface area contributed by atoms with Gasteiger partial charge in [0.2, 0.25) is 0 Å². The lowest BCUT2D eigenvalue weighted by atomic mass is 9.53. The van der Waals surface area contributed by atoms with Crippen LogP contribution in [0.1, 0.15) is 38.5 Å². The minimum atomic E-state index is 0.0481. The van der Waals surface area contributed by atoms with Crippen molar-refractivity contribution >= 4 is 23.2 Å². The summed E-state index contributed by atoms with van der Waals surface area (Å²) in [6, 6.07) is 5.34.